The fraction of sp³-hybridized carbons (Fsp3) is 0.222. The zero-order valence-electron chi connectivity index (χ0n) is 12.9. The molecule has 0 aliphatic heterocycles. The summed E-state index contributed by atoms with van der Waals surface area (Å²) in [5, 5.41) is 12.3. The molecule has 2 aromatic carbocycles. The number of aryl methyl sites for hydroxylation is 1. The zero-order valence-corrected chi connectivity index (χ0v) is 13.7. The Morgan fingerprint density at radius 1 is 1.04 bits per heavy atom. The van der Waals surface area contributed by atoms with Crippen LogP contribution >= 0.6 is 11.6 Å². The predicted octanol–water partition coefficient (Wildman–Crippen LogP) is 4.03. The summed E-state index contributed by atoms with van der Waals surface area (Å²) in [5.41, 5.74) is 3.35. The lowest BCUT2D eigenvalue weighted by atomic mass is 10.1. The average molecular weight is 328 g/mol. The van der Waals surface area contributed by atoms with Gasteiger partial charge < -0.3 is 9.73 Å². The Labute approximate surface area is 140 Å². The molecule has 0 bridgehead atoms. The molecule has 0 aliphatic carbocycles. The second-order valence-corrected chi connectivity index (χ2v) is 5.81. The number of aromatic nitrogens is 2. The molecule has 0 saturated carbocycles. The Bertz CT molecular complexity index is 768. The van der Waals surface area contributed by atoms with Gasteiger partial charge in [-0.25, -0.2) is 0 Å². The van der Waals surface area contributed by atoms with Crippen LogP contribution in [-0.2, 0) is 13.0 Å². The van der Waals surface area contributed by atoms with Crippen molar-refractivity contribution in [2.75, 3.05) is 6.54 Å². The van der Waals surface area contributed by atoms with Crippen molar-refractivity contribution in [1.29, 1.82) is 0 Å². The van der Waals surface area contributed by atoms with Gasteiger partial charge in [-0.15, -0.1) is 10.2 Å². The molecule has 0 radical (unpaired) electrons. The number of nitrogens with one attached hydrogen (secondary N) is 1. The minimum atomic E-state index is 0.562. The van der Waals surface area contributed by atoms with Crippen molar-refractivity contribution in [1.82, 2.24) is 15.5 Å². The third kappa shape index (κ3) is 4.18. The third-order valence-electron chi connectivity index (χ3n) is 3.62. The summed E-state index contributed by atoms with van der Waals surface area (Å²) in [7, 11) is 0. The highest BCUT2D eigenvalue weighted by atomic mass is 35.5. The van der Waals surface area contributed by atoms with Gasteiger partial charge in [-0.2, -0.15) is 0 Å². The molecule has 1 aromatic heterocycles. The van der Waals surface area contributed by atoms with E-state index in [1.807, 2.05) is 55.5 Å². The van der Waals surface area contributed by atoms with Crippen molar-refractivity contribution in [2.24, 2.45) is 0 Å². The molecule has 0 spiro atoms. The average Bonchev–Trinajstić information content (AvgIpc) is 3.02. The van der Waals surface area contributed by atoms with Crippen molar-refractivity contribution in [3.05, 3.63) is 70.6 Å². The first-order valence-corrected chi connectivity index (χ1v) is 7.94. The molecule has 23 heavy (non-hydrogen) atoms. The third-order valence-corrected chi connectivity index (χ3v) is 3.87. The van der Waals surface area contributed by atoms with Gasteiger partial charge in [0.1, 0.15) is 0 Å². The summed E-state index contributed by atoms with van der Waals surface area (Å²) < 4.78 is 5.72. The molecule has 0 atom stereocenters. The number of halogens is 1. The van der Waals surface area contributed by atoms with Crippen LogP contribution in [0.1, 0.15) is 17.0 Å². The first-order chi connectivity index (χ1) is 11.2. The van der Waals surface area contributed by atoms with Crippen molar-refractivity contribution in [3.63, 3.8) is 0 Å². The van der Waals surface area contributed by atoms with E-state index in [1.54, 1.807) is 0 Å². The van der Waals surface area contributed by atoms with Crippen molar-refractivity contribution in [2.45, 2.75) is 19.9 Å². The minimum absolute atomic E-state index is 0.562. The lowest BCUT2D eigenvalue weighted by molar-refractivity contribution is 0.478. The van der Waals surface area contributed by atoms with E-state index in [4.69, 9.17) is 16.0 Å². The Balaban J connectivity index is 1.52. The SMILES string of the molecule is Cc1ccccc1-c1nnc(CNCCc2ccc(Cl)cc2)o1. The molecule has 0 fully saturated rings. The van der Waals surface area contributed by atoms with Crippen LogP contribution in [0, 0.1) is 6.92 Å². The van der Waals surface area contributed by atoms with Crippen molar-refractivity contribution in [3.8, 4) is 11.5 Å². The van der Waals surface area contributed by atoms with Crippen molar-refractivity contribution < 1.29 is 4.42 Å². The Morgan fingerprint density at radius 2 is 1.83 bits per heavy atom. The monoisotopic (exact) mass is 327 g/mol. The van der Waals surface area contributed by atoms with Gasteiger partial charge in [0.2, 0.25) is 11.8 Å². The summed E-state index contributed by atoms with van der Waals surface area (Å²) >= 11 is 5.87. The Kier molecular flexibility index (Phi) is 5.05. The van der Waals surface area contributed by atoms with Gasteiger partial charge in [0, 0.05) is 10.6 Å². The van der Waals surface area contributed by atoms with E-state index in [0.29, 0.717) is 18.3 Å². The number of rotatable bonds is 6. The van der Waals surface area contributed by atoms with E-state index < -0.39 is 0 Å². The molecule has 3 rings (SSSR count). The lowest BCUT2D eigenvalue weighted by Gasteiger charge is -2.03. The first kappa shape index (κ1) is 15.7. The highest BCUT2D eigenvalue weighted by molar-refractivity contribution is 6.30. The highest BCUT2D eigenvalue weighted by Gasteiger charge is 2.09. The molecular formula is C18H18ClN3O. The smallest absolute Gasteiger partial charge is 0.248 e. The minimum Gasteiger partial charge on any atom is -0.419 e. The molecule has 0 amide bonds. The van der Waals surface area contributed by atoms with Gasteiger partial charge in [0.25, 0.3) is 0 Å². The maximum atomic E-state index is 5.87. The molecule has 0 unspecified atom stereocenters. The summed E-state index contributed by atoms with van der Waals surface area (Å²) in [6.07, 6.45) is 0.927. The van der Waals surface area contributed by atoms with E-state index in [1.165, 1.54) is 5.56 Å². The number of benzene rings is 2. The first-order valence-electron chi connectivity index (χ1n) is 7.56. The van der Waals surface area contributed by atoms with Crippen LogP contribution in [0.3, 0.4) is 0 Å². The normalized spacial score (nSPS) is 10.9. The molecule has 4 nitrogen and oxygen atoms in total. The molecule has 5 heteroatoms. The van der Waals surface area contributed by atoms with Crippen LogP contribution in [0.15, 0.2) is 52.9 Å². The maximum absolute atomic E-state index is 5.87. The Morgan fingerprint density at radius 3 is 2.61 bits per heavy atom. The topological polar surface area (TPSA) is 51.0 Å². The van der Waals surface area contributed by atoms with Gasteiger partial charge >= 0.3 is 0 Å². The molecule has 1 heterocycles. The van der Waals surface area contributed by atoms with E-state index in [-0.39, 0.29) is 0 Å². The van der Waals surface area contributed by atoms with Crippen LogP contribution in [0.5, 0.6) is 0 Å². The van der Waals surface area contributed by atoms with Crippen LogP contribution < -0.4 is 5.32 Å². The van der Waals surface area contributed by atoms with E-state index in [9.17, 15) is 0 Å². The second-order valence-electron chi connectivity index (χ2n) is 5.37. The molecule has 0 saturated heterocycles. The van der Waals surface area contributed by atoms with Gasteiger partial charge in [-0.1, -0.05) is 41.9 Å². The molecule has 0 aliphatic rings. The van der Waals surface area contributed by atoms with Crippen LogP contribution in [0.25, 0.3) is 11.5 Å². The predicted molar refractivity (Wildman–Crippen MR) is 91.3 cm³/mol. The summed E-state index contributed by atoms with van der Waals surface area (Å²) in [6.45, 7) is 3.43. The Hall–Kier alpha value is -2.17. The fourth-order valence-corrected chi connectivity index (χ4v) is 2.45. The lowest BCUT2D eigenvalue weighted by Crippen LogP contribution is -2.16. The number of nitrogens with zero attached hydrogens (tertiary/aromatic N) is 2. The largest absolute Gasteiger partial charge is 0.419 e. The van der Waals surface area contributed by atoms with E-state index >= 15 is 0 Å². The maximum Gasteiger partial charge on any atom is 0.248 e. The molecule has 1 N–H and O–H groups in total. The van der Waals surface area contributed by atoms with Gasteiger partial charge in [0.05, 0.1) is 6.54 Å². The van der Waals surface area contributed by atoms with Crippen LogP contribution in [0.2, 0.25) is 5.02 Å². The zero-order chi connectivity index (χ0) is 16.1. The van der Waals surface area contributed by atoms with Crippen LogP contribution in [-0.4, -0.2) is 16.7 Å². The van der Waals surface area contributed by atoms with Crippen molar-refractivity contribution >= 4 is 11.6 Å². The summed E-state index contributed by atoms with van der Waals surface area (Å²) in [5.74, 6) is 1.16. The summed E-state index contributed by atoms with van der Waals surface area (Å²) in [4.78, 5) is 0. The number of hydrogen-bond donors (Lipinski definition) is 1. The van der Waals surface area contributed by atoms with E-state index in [0.717, 1.165) is 29.1 Å². The molecular weight excluding hydrogens is 310 g/mol. The summed E-state index contributed by atoms with van der Waals surface area (Å²) in [6, 6.07) is 15.9. The van der Waals surface area contributed by atoms with Gasteiger partial charge in [0.15, 0.2) is 0 Å². The van der Waals surface area contributed by atoms with Gasteiger partial charge in [-0.05, 0) is 49.2 Å². The van der Waals surface area contributed by atoms with Crippen LogP contribution in [0.4, 0.5) is 0 Å². The number of hydrogen-bond acceptors (Lipinski definition) is 4. The highest BCUT2D eigenvalue weighted by Crippen LogP contribution is 2.21. The molecule has 118 valence electrons. The van der Waals surface area contributed by atoms with E-state index in [2.05, 4.69) is 15.5 Å². The standard InChI is InChI=1S/C18H18ClN3O/c1-13-4-2-3-5-16(13)18-22-21-17(23-18)12-20-11-10-14-6-8-15(19)9-7-14/h2-9,20H,10-12H2,1H3. The second kappa shape index (κ2) is 7.40. The quantitative estimate of drug-likeness (QED) is 0.694. The molecule has 3 aromatic rings. The van der Waals surface area contributed by atoms with Gasteiger partial charge in [-0.3, -0.25) is 0 Å². The fourth-order valence-electron chi connectivity index (χ4n) is 2.33.